The van der Waals surface area contributed by atoms with Crippen LogP contribution < -0.4 is 5.32 Å². The molecule has 20 heavy (non-hydrogen) atoms. The fourth-order valence-corrected chi connectivity index (χ4v) is 2.91. The van der Waals surface area contributed by atoms with Crippen LogP contribution >= 0.6 is 11.6 Å². The van der Waals surface area contributed by atoms with E-state index in [2.05, 4.69) is 12.2 Å². The Labute approximate surface area is 125 Å². The molecule has 1 aliphatic heterocycles. The van der Waals surface area contributed by atoms with Crippen molar-refractivity contribution in [3.05, 3.63) is 34.6 Å². The lowest BCUT2D eigenvalue weighted by molar-refractivity contribution is 0.181. The molecule has 1 N–H and O–H groups in total. The van der Waals surface area contributed by atoms with Crippen molar-refractivity contribution in [1.29, 1.82) is 0 Å². The van der Waals surface area contributed by atoms with E-state index in [1.807, 2.05) is 6.07 Å². The van der Waals surface area contributed by atoms with E-state index in [4.69, 9.17) is 16.3 Å². The van der Waals surface area contributed by atoms with Crippen molar-refractivity contribution >= 4 is 11.6 Å². The van der Waals surface area contributed by atoms with Crippen LogP contribution in [0, 0.1) is 11.7 Å². The lowest BCUT2D eigenvalue weighted by Gasteiger charge is -2.21. The highest BCUT2D eigenvalue weighted by atomic mass is 35.5. The predicted molar refractivity (Wildman–Crippen MR) is 80.7 cm³/mol. The van der Waals surface area contributed by atoms with Gasteiger partial charge in [-0.15, -0.1) is 0 Å². The van der Waals surface area contributed by atoms with Crippen LogP contribution in [0.2, 0.25) is 5.02 Å². The topological polar surface area (TPSA) is 21.3 Å². The summed E-state index contributed by atoms with van der Waals surface area (Å²) in [6.07, 6.45) is 4.25. The summed E-state index contributed by atoms with van der Waals surface area (Å²) in [6.45, 7) is 4.92. The van der Waals surface area contributed by atoms with E-state index in [0.29, 0.717) is 12.0 Å². The van der Waals surface area contributed by atoms with Gasteiger partial charge in [0.15, 0.2) is 0 Å². The Bertz CT molecular complexity index is 421. The van der Waals surface area contributed by atoms with Gasteiger partial charge < -0.3 is 10.1 Å². The van der Waals surface area contributed by atoms with Crippen LogP contribution in [0.5, 0.6) is 0 Å². The normalized spacial score (nSPS) is 20.2. The van der Waals surface area contributed by atoms with Crippen molar-refractivity contribution in [1.82, 2.24) is 5.32 Å². The molecule has 0 saturated carbocycles. The van der Waals surface area contributed by atoms with Crippen LogP contribution in [-0.2, 0) is 11.2 Å². The molecule has 1 heterocycles. The molecule has 0 bridgehead atoms. The van der Waals surface area contributed by atoms with E-state index >= 15 is 0 Å². The first-order valence-corrected chi connectivity index (χ1v) is 7.82. The molecule has 0 aromatic heterocycles. The van der Waals surface area contributed by atoms with Crippen LogP contribution in [0.4, 0.5) is 4.39 Å². The van der Waals surface area contributed by atoms with Gasteiger partial charge in [0.05, 0.1) is 5.02 Å². The Morgan fingerprint density at radius 3 is 3.00 bits per heavy atom. The molecule has 1 aromatic rings. The van der Waals surface area contributed by atoms with Crippen molar-refractivity contribution in [3.8, 4) is 0 Å². The zero-order chi connectivity index (χ0) is 14.4. The van der Waals surface area contributed by atoms with E-state index in [-0.39, 0.29) is 10.8 Å². The summed E-state index contributed by atoms with van der Waals surface area (Å²) in [5.74, 6) is 0.290. The lowest BCUT2D eigenvalue weighted by atomic mass is 9.94. The highest BCUT2D eigenvalue weighted by Gasteiger charge is 2.20. The molecule has 2 unspecified atom stereocenters. The zero-order valence-electron chi connectivity index (χ0n) is 12.0. The second-order valence-corrected chi connectivity index (χ2v) is 5.98. The van der Waals surface area contributed by atoms with Crippen LogP contribution in [0.1, 0.15) is 31.7 Å². The van der Waals surface area contributed by atoms with Gasteiger partial charge in [0.25, 0.3) is 0 Å². The fraction of sp³-hybridized carbons (Fsp3) is 0.625. The molecule has 0 radical (unpaired) electrons. The zero-order valence-corrected chi connectivity index (χ0v) is 12.8. The minimum Gasteiger partial charge on any atom is -0.381 e. The maximum Gasteiger partial charge on any atom is 0.141 e. The minimum atomic E-state index is -0.349. The Morgan fingerprint density at radius 2 is 2.35 bits per heavy atom. The number of hydrogen-bond donors (Lipinski definition) is 1. The third-order valence-electron chi connectivity index (χ3n) is 3.79. The third kappa shape index (κ3) is 4.72. The van der Waals surface area contributed by atoms with E-state index in [1.165, 1.54) is 6.07 Å². The molecule has 1 fully saturated rings. The molecule has 4 heteroatoms. The molecule has 1 saturated heterocycles. The van der Waals surface area contributed by atoms with E-state index < -0.39 is 0 Å². The second kappa shape index (κ2) is 7.96. The first-order valence-electron chi connectivity index (χ1n) is 7.44. The summed E-state index contributed by atoms with van der Waals surface area (Å²) in [6, 6.07) is 5.42. The van der Waals surface area contributed by atoms with Crippen LogP contribution in [0.25, 0.3) is 0 Å². The van der Waals surface area contributed by atoms with Crippen molar-refractivity contribution in [3.63, 3.8) is 0 Å². The fourth-order valence-electron chi connectivity index (χ4n) is 2.71. The Balaban J connectivity index is 1.95. The van der Waals surface area contributed by atoms with Gasteiger partial charge in [-0.2, -0.15) is 0 Å². The van der Waals surface area contributed by atoms with Gasteiger partial charge in [0.2, 0.25) is 0 Å². The van der Waals surface area contributed by atoms with E-state index in [0.717, 1.165) is 51.0 Å². The molecule has 1 aliphatic rings. The van der Waals surface area contributed by atoms with E-state index in [1.54, 1.807) is 6.07 Å². The summed E-state index contributed by atoms with van der Waals surface area (Å²) in [7, 11) is 0. The molecule has 112 valence electrons. The summed E-state index contributed by atoms with van der Waals surface area (Å²) in [4.78, 5) is 0. The summed E-state index contributed by atoms with van der Waals surface area (Å²) in [5, 5.41) is 3.80. The van der Waals surface area contributed by atoms with Gasteiger partial charge in [-0.1, -0.05) is 24.6 Å². The maximum atomic E-state index is 13.2. The quantitative estimate of drug-likeness (QED) is 0.826. The number of ether oxygens (including phenoxy) is 1. The second-order valence-electron chi connectivity index (χ2n) is 5.57. The van der Waals surface area contributed by atoms with Crippen molar-refractivity contribution < 1.29 is 9.13 Å². The molecule has 1 aromatic carbocycles. The SMILES string of the molecule is CCCNC(Cc1ccc(F)c(Cl)c1)CC1CCOC1. The summed E-state index contributed by atoms with van der Waals surface area (Å²) < 4.78 is 18.7. The van der Waals surface area contributed by atoms with Crippen LogP contribution in [0.15, 0.2) is 18.2 Å². The van der Waals surface area contributed by atoms with Crippen molar-refractivity contribution in [2.24, 2.45) is 5.92 Å². The van der Waals surface area contributed by atoms with Gasteiger partial charge in [0.1, 0.15) is 5.82 Å². The Morgan fingerprint density at radius 1 is 1.50 bits per heavy atom. The van der Waals surface area contributed by atoms with Crippen LogP contribution in [0.3, 0.4) is 0 Å². The molecular weight excluding hydrogens is 277 g/mol. The first kappa shape index (κ1) is 15.7. The average molecular weight is 300 g/mol. The van der Waals surface area contributed by atoms with Crippen molar-refractivity contribution in [2.75, 3.05) is 19.8 Å². The maximum absolute atomic E-state index is 13.2. The summed E-state index contributed by atoms with van der Waals surface area (Å²) in [5.41, 5.74) is 1.09. The molecule has 0 amide bonds. The highest BCUT2D eigenvalue weighted by molar-refractivity contribution is 6.30. The minimum absolute atomic E-state index is 0.209. The summed E-state index contributed by atoms with van der Waals surface area (Å²) >= 11 is 5.86. The van der Waals surface area contributed by atoms with E-state index in [9.17, 15) is 4.39 Å². The number of halogens is 2. The van der Waals surface area contributed by atoms with Gasteiger partial charge in [-0.05, 0) is 55.8 Å². The Hall–Kier alpha value is -0.640. The molecule has 0 spiro atoms. The smallest absolute Gasteiger partial charge is 0.141 e. The van der Waals surface area contributed by atoms with Gasteiger partial charge >= 0.3 is 0 Å². The number of rotatable bonds is 7. The largest absolute Gasteiger partial charge is 0.381 e. The molecule has 0 aliphatic carbocycles. The Kier molecular flexibility index (Phi) is 6.27. The van der Waals surface area contributed by atoms with Gasteiger partial charge in [-0.25, -0.2) is 4.39 Å². The number of benzene rings is 1. The molecular formula is C16H23ClFNO. The van der Waals surface area contributed by atoms with Crippen LogP contribution in [-0.4, -0.2) is 25.8 Å². The molecule has 2 nitrogen and oxygen atoms in total. The number of hydrogen-bond acceptors (Lipinski definition) is 2. The first-order chi connectivity index (χ1) is 9.69. The standard InChI is InChI=1S/C16H23ClFNO/c1-2-6-19-14(9-13-5-7-20-11-13)8-12-3-4-16(18)15(17)10-12/h3-4,10,13-14,19H,2,5-9,11H2,1H3. The molecule has 2 rings (SSSR count). The van der Waals surface area contributed by atoms with Gasteiger partial charge in [-0.3, -0.25) is 0 Å². The monoisotopic (exact) mass is 299 g/mol. The van der Waals surface area contributed by atoms with Gasteiger partial charge in [0, 0.05) is 19.3 Å². The average Bonchev–Trinajstić information content (AvgIpc) is 2.93. The highest BCUT2D eigenvalue weighted by Crippen LogP contribution is 2.22. The molecule has 2 atom stereocenters. The predicted octanol–water partition coefficient (Wildman–Crippen LogP) is 3.82. The number of nitrogens with one attached hydrogen (secondary N) is 1. The van der Waals surface area contributed by atoms with Crippen molar-refractivity contribution in [2.45, 2.75) is 38.6 Å². The third-order valence-corrected chi connectivity index (χ3v) is 4.08. The lowest BCUT2D eigenvalue weighted by Crippen LogP contribution is -2.34.